The largest absolute Gasteiger partial charge is 0.481 e. The van der Waals surface area contributed by atoms with E-state index < -0.39 is 30.1 Å². The maximum absolute atomic E-state index is 13.3. The van der Waals surface area contributed by atoms with Crippen molar-refractivity contribution in [1.82, 2.24) is 10.2 Å². The minimum atomic E-state index is -0.851. The van der Waals surface area contributed by atoms with E-state index in [2.05, 4.69) is 29.6 Å². The normalized spacial score (nSPS) is 28.6. The number of hydrogen-bond donors (Lipinski definition) is 2. The van der Waals surface area contributed by atoms with Crippen LogP contribution in [0.3, 0.4) is 0 Å². The van der Waals surface area contributed by atoms with Crippen LogP contribution in [0.4, 0.5) is 4.79 Å². The summed E-state index contributed by atoms with van der Waals surface area (Å²) in [6.45, 7) is 0.554. The first-order valence-electron chi connectivity index (χ1n) is 12.3. The van der Waals surface area contributed by atoms with Gasteiger partial charge in [-0.1, -0.05) is 48.5 Å². The number of carbonyl (C=O) groups excluding carboxylic acids is 2. The first kappa shape index (κ1) is 22.1. The molecular formula is C27H28N2O6. The molecule has 3 saturated heterocycles. The number of nitrogens with one attached hydrogen (secondary N) is 1. The van der Waals surface area contributed by atoms with Gasteiger partial charge in [-0.3, -0.25) is 9.59 Å². The average molecular weight is 477 g/mol. The van der Waals surface area contributed by atoms with Gasteiger partial charge in [0.25, 0.3) is 5.91 Å². The fourth-order valence-electron chi connectivity index (χ4n) is 6.52. The number of rotatable bonds is 5. The lowest BCUT2D eigenvalue weighted by Crippen LogP contribution is -2.51. The fourth-order valence-corrected chi connectivity index (χ4v) is 6.52. The summed E-state index contributed by atoms with van der Waals surface area (Å²) < 4.78 is 11.4. The number of nitrogens with zero attached hydrogens (tertiary/aromatic N) is 1. The van der Waals surface area contributed by atoms with Gasteiger partial charge in [-0.05, 0) is 47.9 Å². The second-order valence-corrected chi connectivity index (χ2v) is 9.88. The van der Waals surface area contributed by atoms with Gasteiger partial charge in [0.05, 0.1) is 12.0 Å². The second kappa shape index (κ2) is 8.68. The van der Waals surface area contributed by atoms with Crippen molar-refractivity contribution in [3.63, 3.8) is 0 Å². The maximum Gasteiger partial charge on any atom is 0.407 e. The highest BCUT2D eigenvalue weighted by Crippen LogP contribution is 2.45. The monoisotopic (exact) mass is 476 g/mol. The zero-order chi connectivity index (χ0) is 24.1. The SMILES string of the molecule is O=C(NC1CCOC1C(=O)N1[C@H]2CC[C@@H]1[C@H](C(=O)O)C2)OCC1c2ccccc2-c2ccccc21. The third kappa shape index (κ3) is 3.67. The number of carboxylic acids is 1. The van der Waals surface area contributed by atoms with E-state index in [1.165, 1.54) is 0 Å². The van der Waals surface area contributed by atoms with Gasteiger partial charge >= 0.3 is 12.1 Å². The number of ether oxygens (including phenoxy) is 2. The number of benzene rings is 2. The lowest BCUT2D eigenvalue weighted by molar-refractivity contribution is -0.145. The minimum Gasteiger partial charge on any atom is -0.481 e. The molecule has 3 aliphatic heterocycles. The molecule has 8 nitrogen and oxygen atoms in total. The molecule has 2 aromatic carbocycles. The molecule has 0 radical (unpaired) electrons. The van der Waals surface area contributed by atoms with Gasteiger partial charge < -0.3 is 24.8 Å². The maximum atomic E-state index is 13.3. The topological polar surface area (TPSA) is 105 Å². The Morgan fingerprint density at radius 3 is 2.34 bits per heavy atom. The Labute approximate surface area is 203 Å². The highest BCUT2D eigenvalue weighted by molar-refractivity contribution is 5.86. The molecule has 0 spiro atoms. The van der Waals surface area contributed by atoms with Crippen LogP contribution in [0.1, 0.15) is 42.7 Å². The molecule has 182 valence electrons. The molecule has 2 aromatic rings. The van der Waals surface area contributed by atoms with Gasteiger partial charge in [-0.2, -0.15) is 0 Å². The molecular weight excluding hydrogens is 448 g/mol. The van der Waals surface area contributed by atoms with Crippen LogP contribution in [0.5, 0.6) is 0 Å². The van der Waals surface area contributed by atoms with Crippen LogP contribution < -0.4 is 5.32 Å². The van der Waals surface area contributed by atoms with Crippen LogP contribution in [0.15, 0.2) is 48.5 Å². The zero-order valence-electron chi connectivity index (χ0n) is 19.3. The van der Waals surface area contributed by atoms with Crippen molar-refractivity contribution in [2.45, 2.75) is 55.8 Å². The first-order chi connectivity index (χ1) is 17.0. The van der Waals surface area contributed by atoms with Crippen molar-refractivity contribution in [1.29, 1.82) is 0 Å². The Morgan fingerprint density at radius 2 is 1.69 bits per heavy atom. The Bertz CT molecular complexity index is 1140. The van der Waals surface area contributed by atoms with Crippen LogP contribution in [0.25, 0.3) is 11.1 Å². The van der Waals surface area contributed by atoms with Crippen LogP contribution >= 0.6 is 0 Å². The minimum absolute atomic E-state index is 0.0430. The van der Waals surface area contributed by atoms with Gasteiger partial charge in [-0.15, -0.1) is 0 Å². The van der Waals surface area contributed by atoms with Crippen molar-refractivity contribution in [3.8, 4) is 11.1 Å². The summed E-state index contributed by atoms with van der Waals surface area (Å²) in [7, 11) is 0. The Morgan fingerprint density at radius 1 is 1.00 bits per heavy atom. The van der Waals surface area contributed by atoms with E-state index in [9.17, 15) is 19.5 Å². The smallest absolute Gasteiger partial charge is 0.407 e. The second-order valence-electron chi connectivity index (χ2n) is 9.88. The van der Waals surface area contributed by atoms with Gasteiger partial charge in [0.1, 0.15) is 6.61 Å². The molecule has 0 saturated carbocycles. The van der Waals surface area contributed by atoms with Crippen molar-refractivity contribution < 1.29 is 29.0 Å². The van der Waals surface area contributed by atoms with Crippen LogP contribution in [0.2, 0.25) is 0 Å². The number of carbonyl (C=O) groups is 3. The van der Waals surface area contributed by atoms with E-state index in [0.29, 0.717) is 25.9 Å². The predicted molar refractivity (Wildman–Crippen MR) is 126 cm³/mol. The molecule has 1 aliphatic carbocycles. The molecule has 6 rings (SSSR count). The van der Waals surface area contributed by atoms with Gasteiger partial charge in [0, 0.05) is 24.6 Å². The molecule has 2 bridgehead atoms. The molecule has 2 N–H and O–H groups in total. The summed E-state index contributed by atoms with van der Waals surface area (Å²) in [5, 5.41) is 12.3. The number of hydrogen-bond acceptors (Lipinski definition) is 5. The quantitative estimate of drug-likeness (QED) is 0.687. The number of amides is 2. The highest BCUT2D eigenvalue weighted by atomic mass is 16.6. The van der Waals surface area contributed by atoms with E-state index in [-0.39, 0.29) is 30.5 Å². The molecule has 35 heavy (non-hydrogen) atoms. The average Bonchev–Trinajstić information content (AvgIpc) is 3.64. The number of fused-ring (bicyclic) bond motifs is 5. The first-order valence-corrected chi connectivity index (χ1v) is 12.3. The van der Waals surface area contributed by atoms with Crippen molar-refractivity contribution in [2.75, 3.05) is 13.2 Å². The lowest BCUT2D eigenvalue weighted by Gasteiger charge is -2.28. The summed E-state index contributed by atoms with van der Waals surface area (Å²) in [5.41, 5.74) is 4.59. The van der Waals surface area contributed by atoms with Crippen molar-refractivity contribution in [3.05, 3.63) is 59.7 Å². The third-order valence-corrected chi connectivity index (χ3v) is 8.09. The number of alkyl carbamates (subject to hydrolysis) is 1. The third-order valence-electron chi connectivity index (χ3n) is 8.09. The van der Waals surface area contributed by atoms with Crippen molar-refractivity contribution in [2.24, 2.45) is 5.92 Å². The van der Waals surface area contributed by atoms with Gasteiger partial charge in [-0.25, -0.2) is 4.79 Å². The van der Waals surface area contributed by atoms with Crippen LogP contribution in [-0.4, -0.2) is 65.4 Å². The fraction of sp³-hybridized carbons (Fsp3) is 0.444. The van der Waals surface area contributed by atoms with Crippen LogP contribution in [-0.2, 0) is 19.1 Å². The van der Waals surface area contributed by atoms with E-state index in [4.69, 9.17) is 9.47 Å². The Hall–Kier alpha value is -3.39. The van der Waals surface area contributed by atoms with Gasteiger partial charge in [0.2, 0.25) is 0 Å². The Kier molecular flexibility index (Phi) is 5.48. The van der Waals surface area contributed by atoms with Gasteiger partial charge in [0.15, 0.2) is 6.10 Å². The molecule has 3 fully saturated rings. The predicted octanol–water partition coefficient (Wildman–Crippen LogP) is 3.15. The lowest BCUT2D eigenvalue weighted by atomic mass is 9.89. The summed E-state index contributed by atoms with van der Waals surface area (Å²) in [4.78, 5) is 39.4. The number of aliphatic carboxylic acids is 1. The number of carboxylic acid groups (broad SMARTS) is 1. The van der Waals surface area contributed by atoms with E-state index >= 15 is 0 Å². The van der Waals surface area contributed by atoms with Crippen molar-refractivity contribution >= 4 is 18.0 Å². The molecule has 3 heterocycles. The molecule has 8 heteroatoms. The summed E-state index contributed by atoms with van der Waals surface area (Å²) in [6.07, 6.45) is 1.12. The van der Waals surface area contributed by atoms with E-state index in [1.54, 1.807) is 4.90 Å². The Balaban J connectivity index is 1.10. The zero-order valence-corrected chi connectivity index (χ0v) is 19.3. The summed E-state index contributed by atoms with van der Waals surface area (Å²) in [6, 6.07) is 15.4. The highest BCUT2D eigenvalue weighted by Gasteiger charge is 2.54. The van der Waals surface area contributed by atoms with Crippen LogP contribution in [0, 0.1) is 5.92 Å². The molecule has 5 atom stereocenters. The molecule has 2 unspecified atom stereocenters. The standard InChI is InChI=1S/C27H28N2O6/c30-25(29-15-9-10-23(29)20(13-15)26(31)32)24-22(11-12-34-24)28-27(33)35-14-21-18-7-3-1-5-16(18)17-6-2-4-8-19(17)21/h1-8,15,20-24H,9-14H2,(H,28,33)(H,31,32)/t15-,20+,22?,23+,24?/m0/s1. The molecule has 0 aromatic heterocycles. The van der Waals surface area contributed by atoms with E-state index in [0.717, 1.165) is 28.7 Å². The summed E-state index contributed by atoms with van der Waals surface area (Å²) >= 11 is 0. The molecule has 4 aliphatic rings. The summed E-state index contributed by atoms with van der Waals surface area (Å²) in [5.74, 6) is -1.63. The molecule has 2 amide bonds. The van der Waals surface area contributed by atoms with E-state index in [1.807, 2.05) is 24.3 Å².